The monoisotopic (exact) mass is 330 g/mol. The standard InChI is InChI=1S/C15H20F3N3O2/c1-5-10-19-9-7-21(13(22)23)6-8(14(2,3)4)11(9)12(20-10)15(16,17)18/h8H,5-7H2,1-4H3,(H,22,23)/p-1. The Hall–Kier alpha value is -1.86. The zero-order chi connectivity index (χ0) is 17.6. The van der Waals surface area contributed by atoms with Crippen molar-refractivity contribution in [1.82, 2.24) is 14.9 Å². The lowest BCUT2D eigenvalue weighted by molar-refractivity contribution is -0.267. The number of fused-ring (bicyclic) bond motifs is 1. The van der Waals surface area contributed by atoms with E-state index in [2.05, 4.69) is 9.97 Å². The number of nitrogens with zero attached hydrogens (tertiary/aromatic N) is 3. The van der Waals surface area contributed by atoms with Crippen LogP contribution < -0.4 is 5.11 Å². The van der Waals surface area contributed by atoms with Gasteiger partial charge in [0.1, 0.15) is 11.9 Å². The van der Waals surface area contributed by atoms with Gasteiger partial charge in [-0.3, -0.25) is 0 Å². The number of rotatable bonds is 1. The van der Waals surface area contributed by atoms with Crippen molar-refractivity contribution in [2.75, 3.05) is 6.54 Å². The van der Waals surface area contributed by atoms with Crippen molar-refractivity contribution in [2.24, 2.45) is 5.41 Å². The minimum atomic E-state index is -4.61. The van der Waals surface area contributed by atoms with Crippen LogP contribution in [-0.4, -0.2) is 27.5 Å². The molecule has 1 atom stereocenters. The maximum Gasteiger partial charge on any atom is 0.433 e. The zero-order valence-corrected chi connectivity index (χ0v) is 13.5. The summed E-state index contributed by atoms with van der Waals surface area (Å²) in [4.78, 5) is 20.1. The SMILES string of the molecule is CCc1nc2c(c(C(F)(F)F)n1)C(C(C)(C)C)CN(C(=O)[O-])C2. The van der Waals surface area contributed by atoms with E-state index < -0.39 is 29.3 Å². The number of aryl methyl sites for hydroxylation is 1. The Morgan fingerprint density at radius 3 is 2.35 bits per heavy atom. The van der Waals surface area contributed by atoms with E-state index >= 15 is 0 Å². The fourth-order valence-electron chi connectivity index (χ4n) is 2.83. The minimum absolute atomic E-state index is 0.0136. The molecule has 0 aromatic carbocycles. The summed E-state index contributed by atoms with van der Waals surface area (Å²) in [5.41, 5.74) is -1.39. The quantitative estimate of drug-likeness (QED) is 0.792. The van der Waals surface area contributed by atoms with Crippen molar-refractivity contribution in [3.05, 3.63) is 22.8 Å². The smallest absolute Gasteiger partial charge is 0.433 e. The Morgan fingerprint density at radius 2 is 1.91 bits per heavy atom. The fourth-order valence-corrected chi connectivity index (χ4v) is 2.83. The van der Waals surface area contributed by atoms with Crippen LogP contribution in [0.1, 0.15) is 56.4 Å². The Morgan fingerprint density at radius 1 is 1.30 bits per heavy atom. The van der Waals surface area contributed by atoms with Crippen LogP contribution in [-0.2, 0) is 19.1 Å². The molecule has 1 aromatic heterocycles. The maximum atomic E-state index is 13.5. The van der Waals surface area contributed by atoms with Gasteiger partial charge in [0.25, 0.3) is 0 Å². The van der Waals surface area contributed by atoms with E-state index in [-0.39, 0.29) is 36.6 Å². The lowest BCUT2D eigenvalue weighted by atomic mass is 9.73. The highest BCUT2D eigenvalue weighted by molar-refractivity contribution is 5.63. The molecule has 0 saturated heterocycles. The molecule has 1 aliphatic rings. The van der Waals surface area contributed by atoms with Crippen LogP contribution in [0.5, 0.6) is 0 Å². The third kappa shape index (κ3) is 3.40. The molecular weight excluding hydrogens is 311 g/mol. The van der Waals surface area contributed by atoms with Gasteiger partial charge in [0.15, 0.2) is 5.69 Å². The first-order valence-corrected chi connectivity index (χ1v) is 7.38. The average molecular weight is 330 g/mol. The number of halogens is 3. The second kappa shape index (κ2) is 5.65. The summed E-state index contributed by atoms with van der Waals surface area (Å²) in [6, 6.07) is 0. The second-order valence-electron chi connectivity index (χ2n) is 6.77. The van der Waals surface area contributed by atoms with Crippen LogP contribution >= 0.6 is 0 Å². The van der Waals surface area contributed by atoms with Gasteiger partial charge < -0.3 is 14.8 Å². The molecule has 0 spiro atoms. The summed E-state index contributed by atoms with van der Waals surface area (Å²) in [5.74, 6) is -0.601. The summed E-state index contributed by atoms with van der Waals surface area (Å²) >= 11 is 0. The molecule has 1 amide bonds. The zero-order valence-electron chi connectivity index (χ0n) is 13.5. The highest BCUT2D eigenvalue weighted by Gasteiger charge is 2.44. The molecule has 0 saturated carbocycles. The largest absolute Gasteiger partial charge is 0.530 e. The molecule has 0 radical (unpaired) electrons. The van der Waals surface area contributed by atoms with Crippen LogP contribution in [0.2, 0.25) is 0 Å². The Bertz CT molecular complexity index is 624. The molecule has 2 heterocycles. The van der Waals surface area contributed by atoms with E-state index in [1.54, 1.807) is 27.7 Å². The molecule has 8 heteroatoms. The van der Waals surface area contributed by atoms with Gasteiger partial charge in [0.05, 0.1) is 12.2 Å². The fraction of sp³-hybridized carbons (Fsp3) is 0.667. The van der Waals surface area contributed by atoms with E-state index in [0.717, 1.165) is 4.90 Å². The minimum Gasteiger partial charge on any atom is -0.530 e. The third-order valence-corrected chi connectivity index (χ3v) is 4.05. The van der Waals surface area contributed by atoms with E-state index in [9.17, 15) is 23.1 Å². The summed E-state index contributed by atoms with van der Waals surface area (Å²) in [5, 5.41) is 11.2. The normalized spacial score (nSPS) is 18.7. The van der Waals surface area contributed by atoms with Crippen LogP contribution in [0.4, 0.5) is 18.0 Å². The molecule has 128 valence electrons. The summed E-state index contributed by atoms with van der Waals surface area (Å²) in [6.07, 6.45) is -5.78. The topological polar surface area (TPSA) is 69.2 Å². The number of aromatic nitrogens is 2. The maximum absolute atomic E-state index is 13.5. The van der Waals surface area contributed by atoms with Gasteiger partial charge in [-0.1, -0.05) is 27.7 Å². The van der Waals surface area contributed by atoms with E-state index in [1.807, 2.05) is 0 Å². The average Bonchev–Trinajstić information content (AvgIpc) is 2.42. The van der Waals surface area contributed by atoms with Gasteiger partial charge in [0.2, 0.25) is 0 Å². The van der Waals surface area contributed by atoms with Crippen molar-refractivity contribution < 1.29 is 23.1 Å². The number of carboxylic acid groups (broad SMARTS) is 1. The molecule has 0 aliphatic carbocycles. The molecule has 1 unspecified atom stereocenters. The highest BCUT2D eigenvalue weighted by atomic mass is 19.4. The predicted octanol–water partition coefficient (Wildman–Crippen LogP) is 2.35. The van der Waals surface area contributed by atoms with Crippen molar-refractivity contribution in [1.29, 1.82) is 0 Å². The number of carbonyl (C=O) groups excluding carboxylic acids is 1. The molecule has 23 heavy (non-hydrogen) atoms. The summed E-state index contributed by atoms with van der Waals surface area (Å²) < 4.78 is 40.4. The van der Waals surface area contributed by atoms with Crippen molar-refractivity contribution in [3.63, 3.8) is 0 Å². The van der Waals surface area contributed by atoms with Gasteiger partial charge in [-0.15, -0.1) is 0 Å². The molecule has 0 bridgehead atoms. The van der Waals surface area contributed by atoms with E-state index in [0.29, 0.717) is 0 Å². The van der Waals surface area contributed by atoms with Crippen molar-refractivity contribution >= 4 is 6.09 Å². The second-order valence-corrected chi connectivity index (χ2v) is 6.77. The van der Waals surface area contributed by atoms with Gasteiger partial charge in [0, 0.05) is 24.4 Å². The number of carbonyl (C=O) groups is 1. The number of hydrogen-bond donors (Lipinski definition) is 0. The highest BCUT2D eigenvalue weighted by Crippen LogP contribution is 2.45. The Labute approximate surface area is 132 Å². The first kappa shape index (κ1) is 17.5. The van der Waals surface area contributed by atoms with Crippen LogP contribution in [0.15, 0.2) is 0 Å². The van der Waals surface area contributed by atoms with E-state index in [1.165, 1.54) is 0 Å². The lowest BCUT2D eigenvalue weighted by Crippen LogP contribution is -2.48. The van der Waals surface area contributed by atoms with Gasteiger partial charge >= 0.3 is 6.18 Å². The number of hydrogen-bond acceptors (Lipinski definition) is 4. The third-order valence-electron chi connectivity index (χ3n) is 4.05. The van der Waals surface area contributed by atoms with E-state index in [4.69, 9.17) is 0 Å². The molecular formula is C15H19F3N3O2-. The molecule has 2 rings (SSSR count). The molecule has 0 fully saturated rings. The van der Waals surface area contributed by atoms with Crippen LogP contribution in [0.3, 0.4) is 0 Å². The first-order chi connectivity index (χ1) is 10.4. The Balaban J connectivity index is 2.72. The number of alkyl halides is 3. The lowest BCUT2D eigenvalue weighted by Gasteiger charge is -2.42. The molecule has 1 aromatic rings. The molecule has 1 aliphatic heterocycles. The van der Waals surface area contributed by atoms with Gasteiger partial charge in [-0.05, 0) is 5.41 Å². The molecule has 5 nitrogen and oxygen atoms in total. The van der Waals surface area contributed by atoms with Crippen molar-refractivity contribution in [3.8, 4) is 0 Å². The van der Waals surface area contributed by atoms with Gasteiger partial charge in [-0.2, -0.15) is 13.2 Å². The number of amides is 1. The Kier molecular flexibility index (Phi) is 4.30. The van der Waals surface area contributed by atoms with Crippen LogP contribution in [0, 0.1) is 5.41 Å². The summed E-state index contributed by atoms with van der Waals surface area (Å²) in [6.45, 7) is 6.71. The van der Waals surface area contributed by atoms with Gasteiger partial charge in [-0.25, -0.2) is 9.97 Å². The predicted molar refractivity (Wildman–Crippen MR) is 74.4 cm³/mol. The molecule has 0 N–H and O–H groups in total. The summed E-state index contributed by atoms with van der Waals surface area (Å²) in [7, 11) is 0. The first-order valence-electron chi connectivity index (χ1n) is 7.38. The van der Waals surface area contributed by atoms with Crippen LogP contribution in [0.25, 0.3) is 0 Å². The van der Waals surface area contributed by atoms with Crippen molar-refractivity contribution in [2.45, 2.75) is 52.8 Å².